The van der Waals surface area contributed by atoms with E-state index in [1.807, 2.05) is 25.9 Å². The Morgan fingerprint density at radius 3 is 2.45 bits per heavy atom. The van der Waals surface area contributed by atoms with Crippen LogP contribution in [0, 0.1) is 5.41 Å². The molecule has 0 bridgehead atoms. The Kier molecular flexibility index (Phi) is 7.77. The topological polar surface area (TPSA) is 34.1 Å². The molecular formula is C21H26ClF3N2O2. The van der Waals surface area contributed by atoms with Gasteiger partial charge >= 0.3 is 6.18 Å². The first-order chi connectivity index (χ1) is 13.6. The molecule has 0 aromatic heterocycles. The van der Waals surface area contributed by atoms with Crippen LogP contribution in [0.25, 0.3) is 0 Å². The second-order valence-corrected chi connectivity index (χ2v) is 7.60. The van der Waals surface area contributed by atoms with Crippen LogP contribution in [-0.2, 0) is 0 Å². The van der Waals surface area contributed by atoms with E-state index in [4.69, 9.17) is 21.1 Å². The van der Waals surface area contributed by atoms with Gasteiger partial charge in [-0.25, -0.2) is 0 Å². The van der Waals surface area contributed by atoms with Crippen LogP contribution in [0.2, 0.25) is 0 Å². The first-order valence-electron chi connectivity index (χ1n) is 9.29. The summed E-state index contributed by atoms with van der Waals surface area (Å²) < 4.78 is 52.0. The Morgan fingerprint density at radius 2 is 1.86 bits per heavy atom. The average molecular weight is 431 g/mol. The van der Waals surface area contributed by atoms with Gasteiger partial charge in [-0.1, -0.05) is 17.7 Å². The molecule has 1 aromatic rings. The van der Waals surface area contributed by atoms with Crippen molar-refractivity contribution in [3.8, 4) is 11.5 Å². The highest BCUT2D eigenvalue weighted by Gasteiger charge is 2.54. The van der Waals surface area contributed by atoms with Gasteiger partial charge in [0.05, 0.1) is 12.2 Å². The van der Waals surface area contributed by atoms with Gasteiger partial charge in [0.2, 0.25) is 0 Å². The molecule has 1 aliphatic carbocycles. The lowest BCUT2D eigenvalue weighted by molar-refractivity contribution is -0.201. The van der Waals surface area contributed by atoms with Crippen LogP contribution < -0.4 is 9.47 Å². The van der Waals surface area contributed by atoms with E-state index in [-0.39, 0.29) is 17.2 Å². The Labute approximate surface area is 174 Å². The zero-order valence-corrected chi connectivity index (χ0v) is 17.8. The lowest BCUT2D eigenvalue weighted by atomic mass is 9.81. The molecule has 1 atom stereocenters. The maximum atomic E-state index is 13.5. The van der Waals surface area contributed by atoms with Crippen molar-refractivity contribution in [2.45, 2.75) is 26.4 Å². The van der Waals surface area contributed by atoms with E-state index in [1.54, 1.807) is 18.2 Å². The number of likely N-dealkylation sites (N-methyl/N-ethyl adjacent to an activating group) is 1. The molecular weight excluding hydrogens is 405 g/mol. The van der Waals surface area contributed by atoms with Gasteiger partial charge in [0.15, 0.2) is 0 Å². The third kappa shape index (κ3) is 5.76. The summed E-state index contributed by atoms with van der Waals surface area (Å²) >= 11 is 5.87. The van der Waals surface area contributed by atoms with Crippen LogP contribution in [0.15, 0.2) is 46.1 Å². The zero-order chi connectivity index (χ0) is 21.7. The maximum Gasteiger partial charge on any atom is 0.399 e. The Bertz CT molecular complexity index is 804. The predicted octanol–water partition coefficient (Wildman–Crippen LogP) is 5.42. The molecule has 29 heavy (non-hydrogen) atoms. The molecule has 0 aliphatic heterocycles. The number of benzene rings is 1. The maximum absolute atomic E-state index is 13.5. The number of halogens is 4. The Morgan fingerprint density at radius 1 is 1.21 bits per heavy atom. The van der Waals surface area contributed by atoms with E-state index in [1.165, 1.54) is 18.4 Å². The van der Waals surface area contributed by atoms with Gasteiger partial charge < -0.3 is 14.4 Å². The van der Waals surface area contributed by atoms with Gasteiger partial charge in [-0.2, -0.15) is 13.2 Å². The SMILES string of the molecule is CCOc1cccc(OCCN(C)C)c1C=NC1=CC=C(Cl)C(C)(C(F)(F)F)C1. The smallest absolute Gasteiger partial charge is 0.399 e. The molecule has 0 N–H and O–H groups in total. The largest absolute Gasteiger partial charge is 0.493 e. The first-order valence-corrected chi connectivity index (χ1v) is 9.67. The number of nitrogens with zero attached hydrogens (tertiary/aromatic N) is 2. The fourth-order valence-corrected chi connectivity index (χ4v) is 2.96. The van der Waals surface area contributed by atoms with Crippen molar-refractivity contribution >= 4 is 17.8 Å². The number of aliphatic imine (C=N–C) groups is 1. The second-order valence-electron chi connectivity index (χ2n) is 7.19. The molecule has 8 heteroatoms. The summed E-state index contributed by atoms with van der Waals surface area (Å²) in [6.07, 6.45) is -0.558. The highest BCUT2D eigenvalue weighted by Crippen LogP contribution is 2.51. The molecule has 1 unspecified atom stereocenters. The highest BCUT2D eigenvalue weighted by molar-refractivity contribution is 6.30. The van der Waals surface area contributed by atoms with Gasteiger partial charge in [0.1, 0.15) is 23.5 Å². The van der Waals surface area contributed by atoms with Gasteiger partial charge in [-0.15, -0.1) is 0 Å². The molecule has 1 aliphatic rings. The lowest BCUT2D eigenvalue weighted by Gasteiger charge is -2.33. The standard InChI is InChI=1S/C21H26ClF3N2O2/c1-5-28-17-7-6-8-18(29-12-11-27(3)4)16(17)14-26-15-9-10-19(22)20(2,13-15)21(23,24)25/h6-10,14H,5,11-13H2,1-4H3. The first kappa shape index (κ1) is 23.3. The summed E-state index contributed by atoms with van der Waals surface area (Å²) in [5.74, 6) is 1.12. The minimum atomic E-state index is -4.47. The third-order valence-corrected chi connectivity index (χ3v) is 5.13. The van der Waals surface area contributed by atoms with Gasteiger partial charge in [-0.05, 0) is 52.2 Å². The quantitative estimate of drug-likeness (QED) is 0.516. The summed E-state index contributed by atoms with van der Waals surface area (Å²) in [5, 5.41) is -0.244. The molecule has 4 nitrogen and oxygen atoms in total. The Hall–Kier alpha value is -1.99. The summed E-state index contributed by atoms with van der Waals surface area (Å²) in [5.41, 5.74) is -1.29. The van der Waals surface area contributed by atoms with E-state index in [2.05, 4.69) is 4.99 Å². The van der Waals surface area contributed by atoms with Crippen LogP contribution in [0.5, 0.6) is 11.5 Å². The van der Waals surface area contributed by atoms with Crippen molar-refractivity contribution in [3.05, 3.63) is 46.6 Å². The molecule has 0 saturated carbocycles. The van der Waals surface area contributed by atoms with Crippen LogP contribution in [0.3, 0.4) is 0 Å². The highest BCUT2D eigenvalue weighted by atomic mass is 35.5. The lowest BCUT2D eigenvalue weighted by Crippen LogP contribution is -2.37. The van der Waals surface area contributed by atoms with Crippen LogP contribution in [-0.4, -0.2) is 51.1 Å². The van der Waals surface area contributed by atoms with Crippen molar-refractivity contribution < 1.29 is 22.6 Å². The van der Waals surface area contributed by atoms with Crippen LogP contribution in [0.1, 0.15) is 25.8 Å². The molecule has 0 saturated heterocycles. The van der Waals surface area contributed by atoms with Crippen LogP contribution in [0.4, 0.5) is 13.2 Å². The molecule has 2 rings (SSSR count). The summed E-state index contributed by atoms with van der Waals surface area (Å²) in [6, 6.07) is 5.36. The monoisotopic (exact) mass is 430 g/mol. The van der Waals surface area contributed by atoms with E-state index in [0.717, 1.165) is 6.92 Å². The van der Waals surface area contributed by atoms with Crippen molar-refractivity contribution in [1.82, 2.24) is 4.90 Å². The number of alkyl halides is 3. The molecule has 0 amide bonds. The van der Waals surface area contributed by atoms with E-state index in [9.17, 15) is 13.2 Å². The third-order valence-electron chi connectivity index (χ3n) is 4.59. The van der Waals surface area contributed by atoms with Gasteiger partial charge in [-0.3, -0.25) is 4.99 Å². The minimum absolute atomic E-state index is 0.244. The fourth-order valence-electron chi connectivity index (χ4n) is 2.73. The number of hydrogen-bond acceptors (Lipinski definition) is 4. The fraction of sp³-hybridized carbons (Fsp3) is 0.476. The molecule has 1 aromatic carbocycles. The van der Waals surface area contributed by atoms with Crippen molar-refractivity contribution in [1.29, 1.82) is 0 Å². The molecule has 0 fully saturated rings. The normalized spacial score (nSPS) is 20.0. The van der Waals surface area contributed by atoms with Crippen LogP contribution >= 0.6 is 11.6 Å². The van der Waals surface area contributed by atoms with E-state index in [0.29, 0.717) is 36.8 Å². The second kappa shape index (κ2) is 9.67. The van der Waals surface area contributed by atoms with Gasteiger partial charge in [0.25, 0.3) is 0 Å². The molecule has 160 valence electrons. The number of rotatable bonds is 8. The van der Waals surface area contributed by atoms with Crippen molar-refractivity contribution in [3.63, 3.8) is 0 Å². The molecule has 0 heterocycles. The molecule has 0 radical (unpaired) electrons. The van der Waals surface area contributed by atoms with Crippen molar-refractivity contribution in [2.24, 2.45) is 10.4 Å². The number of ether oxygens (including phenoxy) is 2. The molecule has 0 spiro atoms. The van der Waals surface area contributed by atoms with E-state index >= 15 is 0 Å². The van der Waals surface area contributed by atoms with Crippen molar-refractivity contribution in [2.75, 3.05) is 33.9 Å². The van der Waals surface area contributed by atoms with E-state index < -0.39 is 11.6 Å². The summed E-state index contributed by atoms with van der Waals surface area (Å²) in [4.78, 5) is 6.29. The predicted molar refractivity (Wildman–Crippen MR) is 110 cm³/mol. The zero-order valence-electron chi connectivity index (χ0n) is 17.0. The average Bonchev–Trinajstić information content (AvgIpc) is 2.63. The summed E-state index contributed by atoms with van der Waals surface area (Å²) in [7, 11) is 3.88. The minimum Gasteiger partial charge on any atom is -0.493 e. The Balaban J connectivity index is 2.31. The van der Waals surface area contributed by atoms with Gasteiger partial charge in [0, 0.05) is 29.9 Å². The summed E-state index contributed by atoms with van der Waals surface area (Å²) in [6.45, 7) is 4.55. The number of allylic oxidation sites excluding steroid dienone is 4. The number of hydrogen-bond donors (Lipinski definition) is 0.